The van der Waals surface area contributed by atoms with E-state index >= 15 is 0 Å². The van der Waals surface area contributed by atoms with Gasteiger partial charge in [0.05, 0.1) is 11.5 Å². The average molecular weight is 422 g/mol. The lowest BCUT2D eigenvalue weighted by Crippen LogP contribution is -2.54. The number of anilines is 1. The van der Waals surface area contributed by atoms with E-state index in [1.165, 1.54) is 19.1 Å². The van der Waals surface area contributed by atoms with E-state index in [-0.39, 0.29) is 34.7 Å². The van der Waals surface area contributed by atoms with Crippen LogP contribution in [-0.2, 0) is 15.1 Å². The van der Waals surface area contributed by atoms with Crippen LogP contribution < -0.4 is 11.1 Å². The normalized spacial score (nSPS) is 18.7. The molecule has 0 fully saturated rings. The number of aliphatic carboxylic acids is 1. The number of carbonyl (C=O) groups is 4. The van der Waals surface area contributed by atoms with Crippen LogP contribution in [-0.4, -0.2) is 28.5 Å². The van der Waals surface area contributed by atoms with Gasteiger partial charge in [-0.25, -0.2) is 0 Å². The van der Waals surface area contributed by atoms with Gasteiger partial charge in [-0.3, -0.25) is 19.2 Å². The number of hydrogen-bond donors (Lipinski definition) is 3. The lowest BCUT2D eigenvalue weighted by atomic mass is 9.77. The Morgan fingerprint density at radius 2 is 1.77 bits per heavy atom. The Hall–Kier alpha value is -3.48. The summed E-state index contributed by atoms with van der Waals surface area (Å²) in [6.45, 7) is 7.02. The summed E-state index contributed by atoms with van der Waals surface area (Å²) in [6.07, 6.45) is 0.0437. The zero-order valence-corrected chi connectivity index (χ0v) is 18.0. The highest BCUT2D eigenvalue weighted by atomic mass is 16.4. The summed E-state index contributed by atoms with van der Waals surface area (Å²) in [5, 5.41) is 12.3. The third-order valence-electron chi connectivity index (χ3n) is 5.88. The molecule has 1 aliphatic carbocycles. The van der Waals surface area contributed by atoms with E-state index in [9.17, 15) is 24.3 Å². The number of hydrogen-bond acceptors (Lipinski definition) is 5. The summed E-state index contributed by atoms with van der Waals surface area (Å²) in [5.74, 6) is -3.78. The number of ketones is 2. The first-order valence-corrected chi connectivity index (χ1v) is 10.2. The number of nitrogen functional groups attached to an aromatic ring is 1. The van der Waals surface area contributed by atoms with Crippen LogP contribution in [0.1, 0.15) is 83.4 Å². The maximum atomic E-state index is 13.7. The van der Waals surface area contributed by atoms with Gasteiger partial charge in [0.2, 0.25) is 17.5 Å². The van der Waals surface area contributed by atoms with Crippen molar-refractivity contribution < 1.29 is 24.3 Å². The molecule has 4 N–H and O–H groups in total. The van der Waals surface area contributed by atoms with E-state index in [1.54, 1.807) is 31.2 Å². The molecule has 0 bridgehead atoms. The van der Waals surface area contributed by atoms with Gasteiger partial charge in [0, 0.05) is 17.7 Å². The predicted molar refractivity (Wildman–Crippen MR) is 116 cm³/mol. The molecule has 162 valence electrons. The van der Waals surface area contributed by atoms with Crippen LogP contribution in [0.25, 0.3) is 0 Å². The Balaban J connectivity index is 2.38. The number of benzene rings is 2. The van der Waals surface area contributed by atoms with Gasteiger partial charge in [0.15, 0.2) is 5.54 Å². The molecular weight excluding hydrogens is 396 g/mol. The monoisotopic (exact) mass is 422 g/mol. The number of carboxylic acid groups (broad SMARTS) is 1. The van der Waals surface area contributed by atoms with E-state index in [0.717, 1.165) is 5.56 Å². The molecule has 0 saturated heterocycles. The van der Waals surface area contributed by atoms with Gasteiger partial charge in [0.25, 0.3) is 0 Å². The van der Waals surface area contributed by atoms with Crippen LogP contribution >= 0.6 is 0 Å². The largest absolute Gasteiger partial charge is 0.481 e. The quantitative estimate of drug-likeness (QED) is 0.484. The Kier molecular flexibility index (Phi) is 5.72. The summed E-state index contributed by atoms with van der Waals surface area (Å²) in [7, 11) is 0. The second-order valence-electron chi connectivity index (χ2n) is 8.14. The van der Waals surface area contributed by atoms with Crippen LogP contribution in [0.2, 0.25) is 0 Å². The number of carbonyl (C=O) groups excluding carboxylic acids is 3. The zero-order chi connectivity index (χ0) is 23.1. The minimum atomic E-state index is -2.06. The third kappa shape index (κ3) is 3.40. The van der Waals surface area contributed by atoms with E-state index in [2.05, 4.69) is 5.32 Å². The Morgan fingerprint density at radius 3 is 2.32 bits per heavy atom. The molecule has 2 atom stereocenters. The predicted octanol–water partition coefficient (Wildman–Crippen LogP) is 3.38. The topological polar surface area (TPSA) is 127 Å². The number of fused-ring (bicyclic) bond motifs is 1. The van der Waals surface area contributed by atoms with Gasteiger partial charge >= 0.3 is 5.97 Å². The smallest absolute Gasteiger partial charge is 0.310 e. The summed E-state index contributed by atoms with van der Waals surface area (Å²) in [5.41, 5.74) is 5.59. The average Bonchev–Trinajstić information content (AvgIpc) is 2.95. The van der Waals surface area contributed by atoms with Gasteiger partial charge in [-0.15, -0.1) is 0 Å². The number of carboxylic acids is 1. The molecule has 7 heteroatoms. The molecule has 1 aliphatic rings. The van der Waals surface area contributed by atoms with Crippen molar-refractivity contribution in [2.24, 2.45) is 0 Å². The summed E-state index contributed by atoms with van der Waals surface area (Å²) in [6, 6.07) is 9.62. The number of amides is 1. The van der Waals surface area contributed by atoms with Crippen LogP contribution in [0.15, 0.2) is 36.4 Å². The highest BCUT2D eigenvalue weighted by molar-refractivity contribution is 6.35. The molecule has 0 radical (unpaired) electrons. The third-order valence-corrected chi connectivity index (χ3v) is 5.88. The molecule has 2 aromatic rings. The molecule has 0 aliphatic heterocycles. The van der Waals surface area contributed by atoms with Gasteiger partial charge in [-0.1, -0.05) is 51.1 Å². The van der Waals surface area contributed by atoms with E-state index in [1.807, 2.05) is 13.8 Å². The lowest BCUT2D eigenvalue weighted by Gasteiger charge is -2.31. The van der Waals surface area contributed by atoms with Crippen molar-refractivity contribution in [3.63, 3.8) is 0 Å². The van der Waals surface area contributed by atoms with E-state index < -0.39 is 34.9 Å². The first kappa shape index (κ1) is 22.2. The molecule has 1 amide bonds. The Morgan fingerprint density at radius 1 is 1.10 bits per heavy atom. The van der Waals surface area contributed by atoms with Crippen molar-refractivity contribution in [2.45, 2.75) is 51.5 Å². The molecular formula is C24H26N2O5. The van der Waals surface area contributed by atoms with Crippen LogP contribution in [0, 0.1) is 0 Å². The molecule has 0 spiro atoms. The van der Waals surface area contributed by atoms with E-state index in [0.29, 0.717) is 5.56 Å². The molecule has 2 unspecified atom stereocenters. The molecule has 0 saturated carbocycles. The van der Waals surface area contributed by atoms with Crippen molar-refractivity contribution in [1.82, 2.24) is 5.32 Å². The maximum Gasteiger partial charge on any atom is 0.310 e. The van der Waals surface area contributed by atoms with Crippen LogP contribution in [0.3, 0.4) is 0 Å². The van der Waals surface area contributed by atoms with Gasteiger partial charge in [0.1, 0.15) is 0 Å². The maximum absolute atomic E-state index is 13.7. The van der Waals surface area contributed by atoms with Crippen molar-refractivity contribution in [3.05, 3.63) is 64.2 Å². The SMILES string of the molecule is CCC(=O)NC1(c2ccc(C(C)C)cc2C(C)C(=O)O)C(=O)c2cccc(N)c2C1=O. The van der Waals surface area contributed by atoms with Crippen molar-refractivity contribution in [1.29, 1.82) is 0 Å². The fourth-order valence-corrected chi connectivity index (χ4v) is 4.00. The van der Waals surface area contributed by atoms with Crippen molar-refractivity contribution in [3.8, 4) is 0 Å². The molecule has 3 rings (SSSR count). The molecule has 2 aromatic carbocycles. The molecule has 0 aromatic heterocycles. The van der Waals surface area contributed by atoms with Crippen molar-refractivity contribution in [2.75, 3.05) is 5.73 Å². The summed E-state index contributed by atoms with van der Waals surface area (Å²) < 4.78 is 0. The number of nitrogens with two attached hydrogens (primary N) is 1. The summed E-state index contributed by atoms with van der Waals surface area (Å²) in [4.78, 5) is 51.7. The van der Waals surface area contributed by atoms with Gasteiger partial charge in [-0.2, -0.15) is 0 Å². The minimum Gasteiger partial charge on any atom is -0.481 e. The van der Waals surface area contributed by atoms with Crippen molar-refractivity contribution >= 4 is 29.1 Å². The molecule has 7 nitrogen and oxygen atoms in total. The second-order valence-corrected chi connectivity index (χ2v) is 8.14. The highest BCUT2D eigenvalue weighted by Crippen LogP contribution is 2.43. The Bertz CT molecular complexity index is 1110. The molecule has 0 heterocycles. The second kappa shape index (κ2) is 7.98. The Labute approximate surface area is 180 Å². The fourth-order valence-electron chi connectivity index (χ4n) is 4.00. The minimum absolute atomic E-state index is 0.0437. The van der Waals surface area contributed by atoms with E-state index in [4.69, 9.17) is 5.73 Å². The van der Waals surface area contributed by atoms with Crippen LogP contribution in [0.5, 0.6) is 0 Å². The number of rotatable bonds is 6. The van der Waals surface area contributed by atoms with Gasteiger partial charge in [-0.05, 0) is 35.6 Å². The number of nitrogens with one attached hydrogen (secondary N) is 1. The zero-order valence-electron chi connectivity index (χ0n) is 18.0. The first-order valence-electron chi connectivity index (χ1n) is 10.2. The fraction of sp³-hybridized carbons (Fsp3) is 0.333. The first-order chi connectivity index (χ1) is 14.6. The standard InChI is InChI=1S/C24H26N2O5/c1-5-19(27)26-24(21(28)15-7-6-8-18(25)20(15)22(24)29)17-10-9-14(12(2)3)11-16(17)13(4)23(30)31/h6-13H,5,25H2,1-4H3,(H,26,27)(H,30,31). The highest BCUT2D eigenvalue weighted by Gasteiger charge is 2.57. The van der Waals surface area contributed by atoms with Crippen LogP contribution in [0.4, 0.5) is 5.69 Å². The van der Waals surface area contributed by atoms with Gasteiger partial charge < -0.3 is 16.2 Å². The number of Topliss-reactive ketones (excluding diaryl/α,β-unsaturated/α-hetero) is 2. The molecule has 31 heavy (non-hydrogen) atoms. The summed E-state index contributed by atoms with van der Waals surface area (Å²) >= 11 is 0. The lowest BCUT2D eigenvalue weighted by molar-refractivity contribution is -0.138.